The van der Waals surface area contributed by atoms with Crippen LogP contribution < -0.4 is 10.7 Å². The third-order valence-electron chi connectivity index (χ3n) is 4.60. The van der Waals surface area contributed by atoms with Gasteiger partial charge in [0.1, 0.15) is 5.56 Å². The summed E-state index contributed by atoms with van der Waals surface area (Å²) in [5, 5.41) is 2.79. The molecule has 5 heteroatoms. The molecular weight excluding hydrogens is 319 g/mol. The number of hydrogen-bond acceptors (Lipinski definition) is 2. The summed E-state index contributed by atoms with van der Waals surface area (Å²) in [5.41, 5.74) is 2.26. The number of hydrogen-bond donors (Lipinski definition) is 1. The number of aryl methyl sites for hydroxylation is 2. The first-order chi connectivity index (χ1) is 11.8. The minimum atomic E-state index is -0.853. The van der Waals surface area contributed by atoms with Gasteiger partial charge in [-0.15, -0.1) is 0 Å². The van der Waals surface area contributed by atoms with Gasteiger partial charge in [-0.1, -0.05) is 31.5 Å². The first-order valence-electron chi connectivity index (χ1n) is 8.56. The lowest BCUT2D eigenvalue weighted by molar-refractivity contribution is 0.102. The maximum Gasteiger partial charge on any atom is 0.261 e. The Morgan fingerprint density at radius 3 is 2.28 bits per heavy atom. The van der Waals surface area contributed by atoms with Crippen molar-refractivity contribution in [3.63, 3.8) is 0 Å². The normalized spacial score (nSPS) is 10.8. The van der Waals surface area contributed by atoms with Gasteiger partial charge in [0, 0.05) is 17.9 Å². The van der Waals surface area contributed by atoms with E-state index < -0.39 is 17.2 Å². The topological polar surface area (TPSA) is 51.1 Å². The molecule has 0 aliphatic carbocycles. The molecule has 0 aliphatic rings. The number of unbranched alkanes of at least 4 members (excludes halogenated alkanes) is 1. The van der Waals surface area contributed by atoms with Gasteiger partial charge in [0.05, 0.1) is 5.69 Å². The molecule has 0 radical (unpaired) electrons. The number of pyridine rings is 1. The van der Waals surface area contributed by atoms with E-state index >= 15 is 0 Å². The summed E-state index contributed by atoms with van der Waals surface area (Å²) in [5.74, 6) is -1.42. The summed E-state index contributed by atoms with van der Waals surface area (Å²) in [6.07, 6.45) is 1.79. The van der Waals surface area contributed by atoms with Crippen LogP contribution in [0.1, 0.15) is 52.6 Å². The van der Waals surface area contributed by atoms with Crippen LogP contribution >= 0.6 is 0 Å². The van der Waals surface area contributed by atoms with E-state index in [0.29, 0.717) is 17.9 Å². The molecule has 0 atom stereocenters. The number of aromatic nitrogens is 1. The molecule has 1 amide bonds. The highest BCUT2D eigenvalue weighted by Crippen LogP contribution is 2.21. The highest BCUT2D eigenvalue weighted by molar-refractivity contribution is 6.05. The Labute approximate surface area is 147 Å². The molecule has 0 bridgehead atoms. The van der Waals surface area contributed by atoms with Gasteiger partial charge in [-0.05, 0) is 45.2 Å². The standard InChI is InChI=1S/C20H25FN2O2/c1-6-7-11-23-14(4)16(19(24)17(21)15(23)5)20(25)22-18-12(2)9-8-10-13(18)3/h8-10H,6-7,11H2,1-5H3,(H,22,25). The molecule has 0 saturated carbocycles. The largest absolute Gasteiger partial charge is 0.345 e. The summed E-state index contributed by atoms with van der Waals surface area (Å²) in [6, 6.07) is 5.66. The predicted molar refractivity (Wildman–Crippen MR) is 98.9 cm³/mol. The highest BCUT2D eigenvalue weighted by atomic mass is 19.1. The molecular formula is C20H25FN2O2. The quantitative estimate of drug-likeness (QED) is 0.880. The SMILES string of the molecule is CCCCn1c(C)c(F)c(=O)c(C(=O)Nc2c(C)cccc2C)c1C. The van der Waals surface area contributed by atoms with E-state index in [1.165, 1.54) is 0 Å². The Kier molecular flexibility index (Phi) is 5.77. The predicted octanol–water partition coefficient (Wildman–Crippen LogP) is 4.27. The summed E-state index contributed by atoms with van der Waals surface area (Å²) in [4.78, 5) is 25.1. The van der Waals surface area contributed by atoms with Crippen LogP contribution in [0.25, 0.3) is 0 Å². The lowest BCUT2D eigenvalue weighted by atomic mass is 10.1. The number of amides is 1. The Morgan fingerprint density at radius 1 is 1.12 bits per heavy atom. The van der Waals surface area contributed by atoms with Crippen molar-refractivity contribution in [3.8, 4) is 0 Å². The van der Waals surface area contributed by atoms with Gasteiger partial charge in [-0.3, -0.25) is 9.59 Å². The second-order valence-corrected chi connectivity index (χ2v) is 6.42. The number of halogens is 1. The average Bonchev–Trinajstić information content (AvgIpc) is 2.56. The van der Waals surface area contributed by atoms with Crippen LogP contribution in [-0.4, -0.2) is 10.5 Å². The van der Waals surface area contributed by atoms with Gasteiger partial charge >= 0.3 is 0 Å². The van der Waals surface area contributed by atoms with Crippen molar-refractivity contribution < 1.29 is 9.18 Å². The number of nitrogens with one attached hydrogen (secondary N) is 1. The Bertz CT molecular complexity index is 849. The van der Waals surface area contributed by atoms with Crippen molar-refractivity contribution in [2.24, 2.45) is 0 Å². The molecule has 1 aromatic heterocycles. The highest BCUT2D eigenvalue weighted by Gasteiger charge is 2.23. The Morgan fingerprint density at radius 2 is 1.72 bits per heavy atom. The van der Waals surface area contributed by atoms with E-state index in [1.54, 1.807) is 18.4 Å². The molecule has 0 fully saturated rings. The van der Waals surface area contributed by atoms with Crippen LogP contribution in [0.4, 0.5) is 10.1 Å². The monoisotopic (exact) mass is 344 g/mol. The smallest absolute Gasteiger partial charge is 0.261 e. The van der Waals surface area contributed by atoms with E-state index in [2.05, 4.69) is 5.32 Å². The van der Waals surface area contributed by atoms with Gasteiger partial charge < -0.3 is 9.88 Å². The molecule has 0 unspecified atom stereocenters. The number of rotatable bonds is 5. The van der Waals surface area contributed by atoms with Crippen molar-refractivity contribution in [2.45, 2.75) is 54.0 Å². The number of anilines is 1. The molecule has 0 aliphatic heterocycles. The molecule has 25 heavy (non-hydrogen) atoms. The summed E-state index contributed by atoms with van der Waals surface area (Å²) in [7, 11) is 0. The van der Waals surface area contributed by atoms with E-state index in [4.69, 9.17) is 0 Å². The second kappa shape index (κ2) is 7.64. The lowest BCUT2D eigenvalue weighted by Gasteiger charge is -2.19. The average molecular weight is 344 g/mol. The van der Waals surface area contributed by atoms with Gasteiger partial charge in [-0.25, -0.2) is 4.39 Å². The zero-order chi connectivity index (χ0) is 18.7. The van der Waals surface area contributed by atoms with E-state index in [-0.39, 0.29) is 11.3 Å². The van der Waals surface area contributed by atoms with Crippen molar-refractivity contribution in [1.82, 2.24) is 4.57 Å². The van der Waals surface area contributed by atoms with Gasteiger partial charge in [0.2, 0.25) is 5.43 Å². The second-order valence-electron chi connectivity index (χ2n) is 6.42. The van der Waals surface area contributed by atoms with Crippen LogP contribution in [0.2, 0.25) is 0 Å². The maximum absolute atomic E-state index is 14.4. The van der Waals surface area contributed by atoms with Gasteiger partial charge in [0.25, 0.3) is 5.91 Å². The number of carbonyl (C=O) groups is 1. The fourth-order valence-corrected chi connectivity index (χ4v) is 3.05. The summed E-state index contributed by atoms with van der Waals surface area (Å²) < 4.78 is 16.1. The molecule has 0 spiro atoms. The zero-order valence-electron chi connectivity index (χ0n) is 15.5. The summed E-state index contributed by atoms with van der Waals surface area (Å²) >= 11 is 0. The van der Waals surface area contributed by atoms with E-state index in [1.807, 2.05) is 39.0 Å². The van der Waals surface area contributed by atoms with Crippen LogP contribution in [0.15, 0.2) is 23.0 Å². The zero-order valence-corrected chi connectivity index (χ0v) is 15.5. The number of benzene rings is 1. The van der Waals surface area contributed by atoms with Gasteiger partial charge in [0.15, 0.2) is 5.82 Å². The molecule has 1 aromatic carbocycles. The molecule has 1 heterocycles. The van der Waals surface area contributed by atoms with Crippen LogP contribution in [-0.2, 0) is 6.54 Å². The first-order valence-corrected chi connectivity index (χ1v) is 8.56. The molecule has 134 valence electrons. The van der Waals surface area contributed by atoms with Crippen LogP contribution in [0.3, 0.4) is 0 Å². The number of carbonyl (C=O) groups excluding carboxylic acids is 1. The van der Waals surface area contributed by atoms with Crippen molar-refractivity contribution in [1.29, 1.82) is 0 Å². The first kappa shape index (κ1) is 18.9. The summed E-state index contributed by atoms with van der Waals surface area (Å²) in [6.45, 7) is 9.65. The Hall–Kier alpha value is -2.43. The van der Waals surface area contributed by atoms with Crippen molar-refractivity contribution >= 4 is 11.6 Å². The number of para-hydroxylation sites is 1. The third kappa shape index (κ3) is 3.65. The van der Waals surface area contributed by atoms with Crippen molar-refractivity contribution in [2.75, 3.05) is 5.32 Å². The van der Waals surface area contributed by atoms with Crippen molar-refractivity contribution in [3.05, 3.63) is 62.3 Å². The van der Waals surface area contributed by atoms with Crippen LogP contribution in [0.5, 0.6) is 0 Å². The van der Waals surface area contributed by atoms with Gasteiger partial charge in [-0.2, -0.15) is 0 Å². The fraction of sp³-hybridized carbons (Fsp3) is 0.400. The molecule has 2 aromatic rings. The fourth-order valence-electron chi connectivity index (χ4n) is 3.05. The minimum absolute atomic E-state index is 0.123. The minimum Gasteiger partial charge on any atom is -0.345 e. The maximum atomic E-state index is 14.4. The number of nitrogens with zero attached hydrogens (tertiary/aromatic N) is 1. The molecule has 0 saturated heterocycles. The molecule has 2 rings (SSSR count). The lowest BCUT2D eigenvalue weighted by Crippen LogP contribution is -2.30. The Balaban J connectivity index is 2.53. The van der Waals surface area contributed by atoms with Crippen LogP contribution in [0, 0.1) is 33.5 Å². The molecule has 4 nitrogen and oxygen atoms in total. The third-order valence-corrected chi connectivity index (χ3v) is 4.60. The van der Waals surface area contributed by atoms with E-state index in [0.717, 1.165) is 24.0 Å². The molecule has 1 N–H and O–H groups in total. The van der Waals surface area contributed by atoms with E-state index in [9.17, 15) is 14.0 Å².